The van der Waals surface area contributed by atoms with Crippen LogP contribution in [-0.4, -0.2) is 51.5 Å². The molecule has 0 saturated carbocycles. The van der Waals surface area contributed by atoms with Crippen molar-refractivity contribution in [3.05, 3.63) is 11.8 Å². The highest BCUT2D eigenvalue weighted by Crippen LogP contribution is 2.35. The van der Waals surface area contributed by atoms with Gasteiger partial charge in [0.25, 0.3) is 4.52 Å². The molecule has 1 saturated heterocycles. The fraction of sp³-hybridized carbons (Fsp3) is 0.643. The highest BCUT2D eigenvalue weighted by Gasteiger charge is 2.50. The van der Waals surface area contributed by atoms with Crippen LogP contribution in [0.4, 0.5) is 4.79 Å². The van der Waals surface area contributed by atoms with Gasteiger partial charge in [-0.2, -0.15) is 0 Å². The van der Waals surface area contributed by atoms with Gasteiger partial charge in [-0.15, -0.1) is 11.6 Å². The Hall–Kier alpha value is -0.890. The van der Waals surface area contributed by atoms with Crippen LogP contribution in [0.3, 0.4) is 0 Å². The quantitative estimate of drug-likeness (QED) is 0.200. The Balaban J connectivity index is 2.65. The number of amides is 1. The van der Waals surface area contributed by atoms with E-state index in [9.17, 15) is 14.4 Å². The second-order valence-electron chi connectivity index (χ2n) is 5.12. The summed E-state index contributed by atoms with van der Waals surface area (Å²) in [5.41, 5.74) is -0.604. The monoisotopic (exact) mass is 435 g/mol. The molecule has 25 heavy (non-hydrogen) atoms. The largest absolute Gasteiger partial charge is 0.511 e. The molecule has 1 heterocycles. The summed E-state index contributed by atoms with van der Waals surface area (Å²) in [7, 11) is 0. The van der Waals surface area contributed by atoms with E-state index in [2.05, 4.69) is 4.74 Å². The number of hydrogen-bond donors (Lipinski definition) is 0. The first-order valence-corrected chi connectivity index (χ1v) is 8.92. The second-order valence-corrected chi connectivity index (χ2v) is 7.25. The lowest BCUT2D eigenvalue weighted by molar-refractivity contribution is -0.153. The average molecular weight is 437 g/mol. The molecule has 0 bridgehead atoms. The summed E-state index contributed by atoms with van der Waals surface area (Å²) >= 11 is 22.7. The van der Waals surface area contributed by atoms with E-state index in [4.69, 9.17) is 55.9 Å². The zero-order valence-corrected chi connectivity index (χ0v) is 16.7. The van der Waals surface area contributed by atoms with Crippen LogP contribution in [0.2, 0.25) is 0 Å². The fourth-order valence-corrected chi connectivity index (χ4v) is 2.61. The number of alkyl halides is 4. The van der Waals surface area contributed by atoms with Crippen LogP contribution in [0.25, 0.3) is 0 Å². The Labute approximate surface area is 165 Å². The molecule has 0 aromatic carbocycles. The van der Waals surface area contributed by atoms with Gasteiger partial charge in [0.15, 0.2) is 0 Å². The maximum Gasteiger partial charge on any atom is 0.511 e. The van der Waals surface area contributed by atoms with E-state index in [1.54, 1.807) is 6.92 Å². The predicted octanol–water partition coefficient (Wildman–Crippen LogP) is 3.39. The standard InChI is InChI=1S/C14H17Cl4NO6/c1-4-23-12(21)7(2)5-19-10(16)9(11(19)20)8(3)24-13(22)25-14(17,18)6-15/h5,8-10H,4,6H2,1-3H3/b7-5+. The van der Waals surface area contributed by atoms with Crippen LogP contribution in [-0.2, 0) is 23.8 Å². The summed E-state index contributed by atoms with van der Waals surface area (Å²) in [4.78, 5) is 36.5. The van der Waals surface area contributed by atoms with E-state index in [0.717, 1.165) is 4.90 Å². The summed E-state index contributed by atoms with van der Waals surface area (Å²) in [6.45, 7) is 4.83. The molecule has 11 heteroatoms. The molecule has 1 rings (SSSR count). The minimum absolute atomic E-state index is 0.211. The van der Waals surface area contributed by atoms with Gasteiger partial charge in [-0.05, 0) is 20.8 Å². The van der Waals surface area contributed by atoms with Crippen LogP contribution in [0.5, 0.6) is 0 Å². The number of carbonyl (C=O) groups excluding carboxylic acids is 3. The molecule has 0 spiro atoms. The van der Waals surface area contributed by atoms with Crippen molar-refractivity contribution < 1.29 is 28.6 Å². The zero-order chi connectivity index (χ0) is 19.4. The van der Waals surface area contributed by atoms with Crippen LogP contribution < -0.4 is 0 Å². The smallest absolute Gasteiger partial charge is 0.463 e. The first-order chi connectivity index (χ1) is 11.5. The highest BCUT2D eigenvalue weighted by molar-refractivity contribution is 6.50. The van der Waals surface area contributed by atoms with Gasteiger partial charge in [-0.3, -0.25) is 4.79 Å². The molecular formula is C14H17Cl4NO6. The predicted molar refractivity (Wildman–Crippen MR) is 92.6 cm³/mol. The number of hydrogen-bond acceptors (Lipinski definition) is 6. The van der Waals surface area contributed by atoms with Crippen molar-refractivity contribution in [2.24, 2.45) is 5.92 Å². The molecule has 1 fully saturated rings. The van der Waals surface area contributed by atoms with Crippen molar-refractivity contribution in [2.75, 3.05) is 12.5 Å². The minimum Gasteiger partial charge on any atom is -0.463 e. The third kappa shape index (κ3) is 5.81. The van der Waals surface area contributed by atoms with Crippen LogP contribution in [0, 0.1) is 5.92 Å². The van der Waals surface area contributed by atoms with E-state index in [1.807, 2.05) is 0 Å². The number of halogens is 4. The third-order valence-corrected chi connectivity index (χ3v) is 4.76. The number of esters is 1. The van der Waals surface area contributed by atoms with Gasteiger partial charge in [0.05, 0.1) is 18.1 Å². The third-order valence-electron chi connectivity index (χ3n) is 3.21. The Morgan fingerprint density at radius 3 is 2.48 bits per heavy atom. The van der Waals surface area contributed by atoms with E-state index >= 15 is 0 Å². The maximum absolute atomic E-state index is 12.2. The van der Waals surface area contributed by atoms with E-state index in [0.29, 0.717) is 0 Å². The van der Waals surface area contributed by atoms with E-state index < -0.39 is 40.1 Å². The lowest BCUT2D eigenvalue weighted by Crippen LogP contribution is -2.60. The number of carbonyl (C=O) groups is 3. The van der Waals surface area contributed by atoms with Crippen LogP contribution in [0.15, 0.2) is 11.8 Å². The summed E-state index contributed by atoms with van der Waals surface area (Å²) < 4.78 is 12.4. The molecule has 3 atom stereocenters. The molecule has 7 nitrogen and oxygen atoms in total. The van der Waals surface area contributed by atoms with Gasteiger partial charge in [-0.25, -0.2) is 9.59 Å². The first kappa shape index (κ1) is 22.2. The van der Waals surface area contributed by atoms with Gasteiger partial charge >= 0.3 is 12.1 Å². The molecule has 0 aromatic heterocycles. The van der Waals surface area contributed by atoms with Crippen molar-refractivity contribution in [1.82, 2.24) is 4.90 Å². The fourth-order valence-electron chi connectivity index (χ4n) is 1.97. The normalized spacial score (nSPS) is 22.1. The Kier molecular flexibility index (Phi) is 8.12. The van der Waals surface area contributed by atoms with Crippen LogP contribution in [0.1, 0.15) is 20.8 Å². The molecule has 0 N–H and O–H groups in total. The lowest BCUT2D eigenvalue weighted by Gasteiger charge is -2.43. The van der Waals surface area contributed by atoms with Gasteiger partial charge in [-0.1, -0.05) is 34.8 Å². The molecule has 1 amide bonds. The molecule has 3 unspecified atom stereocenters. The van der Waals surface area contributed by atoms with Crippen molar-refractivity contribution in [3.63, 3.8) is 0 Å². The summed E-state index contributed by atoms with van der Waals surface area (Å²) in [5.74, 6) is -2.18. The molecule has 1 aliphatic rings. The summed E-state index contributed by atoms with van der Waals surface area (Å²) in [6, 6.07) is 0. The number of likely N-dealkylation sites (tertiary alicyclic amines) is 1. The number of rotatable bonds is 7. The first-order valence-electron chi connectivity index (χ1n) is 7.19. The summed E-state index contributed by atoms with van der Waals surface area (Å²) in [5, 5.41) is 0. The van der Waals surface area contributed by atoms with E-state index in [1.165, 1.54) is 20.0 Å². The van der Waals surface area contributed by atoms with Gasteiger partial charge in [0, 0.05) is 6.20 Å². The van der Waals surface area contributed by atoms with Gasteiger partial charge in [0.1, 0.15) is 17.5 Å². The molecule has 1 aliphatic heterocycles. The van der Waals surface area contributed by atoms with Gasteiger partial charge in [0.2, 0.25) is 5.91 Å². The molecular weight excluding hydrogens is 420 g/mol. The Morgan fingerprint density at radius 2 is 2.00 bits per heavy atom. The topological polar surface area (TPSA) is 82.1 Å². The number of nitrogens with zero attached hydrogens (tertiary/aromatic N) is 1. The minimum atomic E-state index is -1.94. The van der Waals surface area contributed by atoms with Crippen molar-refractivity contribution in [1.29, 1.82) is 0 Å². The molecule has 0 radical (unpaired) electrons. The zero-order valence-electron chi connectivity index (χ0n) is 13.6. The van der Waals surface area contributed by atoms with Crippen molar-refractivity contribution in [3.8, 4) is 0 Å². The van der Waals surface area contributed by atoms with E-state index in [-0.39, 0.29) is 18.1 Å². The average Bonchev–Trinajstić information content (AvgIpc) is 2.51. The SMILES string of the molecule is CCOC(=O)/C(C)=C/N1C(=O)C(C(C)OC(=O)OC(Cl)(Cl)CCl)C1Cl. The van der Waals surface area contributed by atoms with Crippen LogP contribution >= 0.6 is 46.4 Å². The van der Waals surface area contributed by atoms with Gasteiger partial charge < -0.3 is 19.1 Å². The number of β-lactam (4-membered cyclic amide) rings is 1. The molecule has 0 aliphatic carbocycles. The van der Waals surface area contributed by atoms with Crippen molar-refractivity contribution in [2.45, 2.75) is 36.9 Å². The lowest BCUT2D eigenvalue weighted by atomic mass is 9.93. The maximum atomic E-state index is 12.2. The number of ether oxygens (including phenoxy) is 3. The second kappa shape index (κ2) is 9.16. The molecule has 0 aromatic rings. The molecule has 142 valence electrons. The highest BCUT2D eigenvalue weighted by atomic mass is 35.5. The summed E-state index contributed by atoms with van der Waals surface area (Å²) in [6.07, 6.45) is -0.809. The van der Waals surface area contributed by atoms with Crippen molar-refractivity contribution >= 4 is 64.4 Å². The Bertz CT molecular complexity index is 568. The Morgan fingerprint density at radius 1 is 1.40 bits per heavy atom.